The predicted octanol–water partition coefficient (Wildman–Crippen LogP) is 3.88. The monoisotopic (exact) mass is 283 g/mol. The molecule has 0 bridgehead atoms. The quantitative estimate of drug-likeness (QED) is 0.771. The van der Waals surface area contributed by atoms with Gasteiger partial charge in [-0.15, -0.1) is 0 Å². The average Bonchev–Trinajstić information content (AvgIpc) is 3.07. The second-order valence-electron chi connectivity index (χ2n) is 4.55. The Bertz CT molecular complexity index is 518. The van der Waals surface area contributed by atoms with E-state index >= 15 is 0 Å². The summed E-state index contributed by atoms with van der Waals surface area (Å²) in [6.07, 6.45) is 3.08. The largest absolute Gasteiger partial charge is 0.491 e. The minimum absolute atomic E-state index is 0.0577. The van der Waals surface area contributed by atoms with Crippen LogP contribution in [0.15, 0.2) is 12.1 Å². The molecule has 0 aliphatic heterocycles. The number of hydrogen-bond donors (Lipinski definition) is 0. The van der Waals surface area contributed by atoms with Crippen molar-refractivity contribution < 1.29 is 9.53 Å². The first-order valence-electron chi connectivity index (χ1n) is 5.54. The maximum absolute atomic E-state index is 10.9. The van der Waals surface area contributed by atoms with Crippen molar-refractivity contribution in [1.82, 2.24) is 0 Å². The average molecular weight is 284 g/mol. The maximum atomic E-state index is 10.9. The molecule has 94 valence electrons. The third kappa shape index (κ3) is 2.77. The number of halogens is 2. The van der Waals surface area contributed by atoms with Crippen molar-refractivity contribution >= 4 is 29.5 Å². The highest BCUT2D eigenvalue weighted by molar-refractivity contribution is 6.36. The van der Waals surface area contributed by atoms with Crippen LogP contribution in [-0.4, -0.2) is 12.9 Å². The van der Waals surface area contributed by atoms with Gasteiger partial charge in [0.1, 0.15) is 5.75 Å². The molecule has 0 heterocycles. The molecule has 2 rings (SSSR count). The van der Waals surface area contributed by atoms with Crippen molar-refractivity contribution in [3.05, 3.63) is 27.7 Å². The molecule has 3 nitrogen and oxygen atoms in total. The van der Waals surface area contributed by atoms with Gasteiger partial charge in [0, 0.05) is 16.9 Å². The van der Waals surface area contributed by atoms with E-state index in [0.717, 1.165) is 12.8 Å². The lowest BCUT2D eigenvalue weighted by Gasteiger charge is -2.15. The van der Waals surface area contributed by atoms with Crippen LogP contribution in [0.25, 0.3) is 0 Å². The van der Waals surface area contributed by atoms with Crippen molar-refractivity contribution in [1.29, 1.82) is 5.26 Å². The summed E-state index contributed by atoms with van der Waals surface area (Å²) in [7, 11) is 0. The standard InChI is InChI=1S/C13H11Cl2NO2/c14-10-5-9(7-17)12(11(15)6-10)18-8-13(1-2-13)3-4-16/h5-7H,1-3,8H2. The van der Waals surface area contributed by atoms with Crippen molar-refractivity contribution in [3.8, 4) is 11.8 Å². The molecule has 0 N–H and O–H groups in total. The van der Waals surface area contributed by atoms with Gasteiger partial charge in [-0.25, -0.2) is 0 Å². The molecule has 0 saturated heterocycles. The Morgan fingerprint density at radius 3 is 2.72 bits per heavy atom. The molecule has 5 heteroatoms. The van der Waals surface area contributed by atoms with Gasteiger partial charge in [-0.05, 0) is 25.0 Å². The van der Waals surface area contributed by atoms with Crippen LogP contribution in [0.5, 0.6) is 5.75 Å². The van der Waals surface area contributed by atoms with Gasteiger partial charge < -0.3 is 4.74 Å². The van der Waals surface area contributed by atoms with Crippen LogP contribution in [0.1, 0.15) is 29.6 Å². The zero-order valence-corrected chi connectivity index (χ0v) is 11.1. The first-order chi connectivity index (χ1) is 8.60. The highest BCUT2D eigenvalue weighted by Gasteiger charge is 2.43. The summed E-state index contributed by atoms with van der Waals surface area (Å²) < 4.78 is 5.62. The van der Waals surface area contributed by atoms with Crippen LogP contribution in [-0.2, 0) is 0 Å². The number of carbonyl (C=O) groups is 1. The minimum atomic E-state index is -0.0577. The van der Waals surface area contributed by atoms with Crippen molar-refractivity contribution in [3.63, 3.8) is 0 Å². The summed E-state index contributed by atoms with van der Waals surface area (Å²) in [5.74, 6) is 0.347. The number of rotatable bonds is 5. The van der Waals surface area contributed by atoms with Gasteiger partial charge in [0.15, 0.2) is 6.29 Å². The van der Waals surface area contributed by atoms with E-state index in [2.05, 4.69) is 6.07 Å². The molecule has 1 aliphatic carbocycles. The predicted molar refractivity (Wildman–Crippen MR) is 69.2 cm³/mol. The van der Waals surface area contributed by atoms with Crippen molar-refractivity contribution in [2.45, 2.75) is 19.3 Å². The molecular weight excluding hydrogens is 273 g/mol. The number of nitriles is 1. The van der Waals surface area contributed by atoms with Gasteiger partial charge in [-0.3, -0.25) is 4.79 Å². The summed E-state index contributed by atoms with van der Waals surface area (Å²) >= 11 is 11.8. The van der Waals surface area contributed by atoms with Crippen molar-refractivity contribution in [2.75, 3.05) is 6.61 Å². The van der Waals surface area contributed by atoms with Gasteiger partial charge in [0.05, 0.1) is 23.3 Å². The van der Waals surface area contributed by atoms with Crippen molar-refractivity contribution in [2.24, 2.45) is 5.41 Å². The zero-order valence-electron chi connectivity index (χ0n) is 9.58. The molecule has 0 amide bonds. The van der Waals surface area contributed by atoms with E-state index in [1.807, 2.05) is 0 Å². The molecular formula is C13H11Cl2NO2. The normalized spacial score (nSPS) is 15.8. The molecule has 1 saturated carbocycles. The number of nitrogens with zero attached hydrogens (tertiary/aromatic N) is 1. The molecule has 0 aromatic heterocycles. The van der Waals surface area contributed by atoms with Crippen LogP contribution in [0.3, 0.4) is 0 Å². The van der Waals surface area contributed by atoms with E-state index in [0.29, 0.717) is 40.7 Å². The molecule has 0 unspecified atom stereocenters. The highest BCUT2D eigenvalue weighted by Crippen LogP contribution is 2.49. The topological polar surface area (TPSA) is 50.1 Å². The number of ether oxygens (including phenoxy) is 1. The molecule has 18 heavy (non-hydrogen) atoms. The molecule has 0 radical (unpaired) electrons. The number of aldehydes is 1. The van der Waals surface area contributed by atoms with Gasteiger partial charge in [-0.2, -0.15) is 5.26 Å². The minimum Gasteiger partial charge on any atom is -0.491 e. The zero-order chi connectivity index (χ0) is 13.2. The first kappa shape index (κ1) is 13.2. The Hall–Kier alpha value is -1.24. The SMILES string of the molecule is N#CCC1(COc2c(Cl)cc(Cl)cc2C=O)CC1. The molecule has 1 aliphatic rings. The Morgan fingerprint density at radius 2 is 2.17 bits per heavy atom. The van der Waals surface area contributed by atoms with Gasteiger partial charge in [0.25, 0.3) is 0 Å². The Balaban J connectivity index is 2.15. The van der Waals surface area contributed by atoms with Crippen LogP contribution in [0.4, 0.5) is 0 Å². The molecule has 0 spiro atoms. The Morgan fingerprint density at radius 1 is 1.44 bits per heavy atom. The van der Waals surface area contributed by atoms with Gasteiger partial charge in [0.2, 0.25) is 0 Å². The van der Waals surface area contributed by atoms with E-state index in [1.54, 1.807) is 0 Å². The third-order valence-corrected chi connectivity index (χ3v) is 3.60. The summed E-state index contributed by atoms with van der Waals surface area (Å²) in [4.78, 5) is 10.9. The third-order valence-electron chi connectivity index (χ3n) is 3.10. The Labute approximate surface area is 115 Å². The Kier molecular flexibility index (Phi) is 3.79. The lowest BCUT2D eigenvalue weighted by molar-refractivity contribution is 0.111. The van der Waals surface area contributed by atoms with Crippen LogP contribution < -0.4 is 4.74 Å². The molecule has 1 aromatic rings. The van der Waals surface area contributed by atoms with Crippen LogP contribution in [0, 0.1) is 16.7 Å². The molecule has 1 fully saturated rings. The number of benzene rings is 1. The van der Waals surface area contributed by atoms with Crippen LogP contribution >= 0.6 is 23.2 Å². The summed E-state index contributed by atoms with van der Waals surface area (Å²) in [6.45, 7) is 0.406. The van der Waals surface area contributed by atoms with Gasteiger partial charge in [-0.1, -0.05) is 23.2 Å². The molecule has 1 aromatic carbocycles. The molecule has 0 atom stereocenters. The second kappa shape index (κ2) is 5.17. The highest BCUT2D eigenvalue weighted by atomic mass is 35.5. The van der Waals surface area contributed by atoms with E-state index < -0.39 is 0 Å². The lowest BCUT2D eigenvalue weighted by atomic mass is 10.1. The van der Waals surface area contributed by atoms with Crippen LogP contribution in [0.2, 0.25) is 10.0 Å². The summed E-state index contributed by atoms with van der Waals surface area (Å²) in [5, 5.41) is 9.44. The van der Waals surface area contributed by atoms with E-state index in [9.17, 15) is 4.79 Å². The fraction of sp³-hybridized carbons (Fsp3) is 0.385. The number of hydrogen-bond acceptors (Lipinski definition) is 3. The summed E-state index contributed by atoms with van der Waals surface area (Å²) in [5.41, 5.74) is 0.276. The first-order valence-corrected chi connectivity index (χ1v) is 6.30. The van der Waals surface area contributed by atoms with Gasteiger partial charge >= 0.3 is 0 Å². The smallest absolute Gasteiger partial charge is 0.153 e. The van der Waals surface area contributed by atoms with E-state index in [1.165, 1.54) is 12.1 Å². The fourth-order valence-corrected chi connectivity index (χ4v) is 2.33. The van der Waals surface area contributed by atoms with E-state index in [-0.39, 0.29) is 5.41 Å². The summed E-state index contributed by atoms with van der Waals surface area (Å²) in [6, 6.07) is 5.21. The number of carbonyl (C=O) groups excluding carboxylic acids is 1. The maximum Gasteiger partial charge on any atom is 0.153 e. The lowest BCUT2D eigenvalue weighted by Crippen LogP contribution is -2.13. The van der Waals surface area contributed by atoms with E-state index in [4.69, 9.17) is 33.2 Å². The second-order valence-corrected chi connectivity index (χ2v) is 5.39. The fourth-order valence-electron chi connectivity index (χ4n) is 1.76.